The minimum absolute atomic E-state index is 0.0401. The number of carbonyl (C=O) groups is 2. The molecule has 0 spiro atoms. The number of hydrogen-bond donors (Lipinski definition) is 2. The van der Waals surface area contributed by atoms with Crippen LogP contribution in [0, 0.1) is 0 Å². The van der Waals surface area contributed by atoms with E-state index in [1.54, 1.807) is 0 Å². The number of benzene rings is 2. The molecular formula is C20H25N2O3+. The molecule has 5 heteroatoms. The molecule has 132 valence electrons. The fourth-order valence-electron chi connectivity index (χ4n) is 2.65. The van der Waals surface area contributed by atoms with Gasteiger partial charge >= 0.3 is 5.97 Å². The molecule has 0 unspecified atom stereocenters. The van der Waals surface area contributed by atoms with Gasteiger partial charge in [-0.25, -0.2) is 0 Å². The van der Waals surface area contributed by atoms with Crippen molar-refractivity contribution in [3.8, 4) is 0 Å². The van der Waals surface area contributed by atoms with E-state index in [2.05, 4.69) is 34.3 Å². The van der Waals surface area contributed by atoms with Crippen LogP contribution in [0.3, 0.4) is 0 Å². The quantitative estimate of drug-likeness (QED) is 0.535. The zero-order valence-electron chi connectivity index (χ0n) is 14.5. The Labute approximate surface area is 148 Å². The standard InChI is InChI=1S/C20H24N2O3/c1-25-19(24)13-8-14-21-18(23)15-22-20(16-9-4-2-5-10-16)17-11-6-3-7-12-17/h2-7,9-12,20,22H,8,13-15H2,1H3,(H,21,23)/p+1. The maximum Gasteiger partial charge on any atom is 0.305 e. The van der Waals surface area contributed by atoms with Gasteiger partial charge in [0.2, 0.25) is 0 Å². The zero-order chi connectivity index (χ0) is 17.9. The maximum absolute atomic E-state index is 12.1. The Morgan fingerprint density at radius 3 is 2.08 bits per heavy atom. The van der Waals surface area contributed by atoms with Gasteiger partial charge in [-0.05, 0) is 6.42 Å². The Morgan fingerprint density at radius 1 is 1.00 bits per heavy atom. The molecule has 0 fully saturated rings. The maximum atomic E-state index is 12.1. The van der Waals surface area contributed by atoms with Crippen molar-refractivity contribution in [1.29, 1.82) is 0 Å². The Morgan fingerprint density at radius 2 is 1.56 bits per heavy atom. The van der Waals surface area contributed by atoms with Crippen LogP contribution in [0.5, 0.6) is 0 Å². The number of amides is 1. The highest BCUT2D eigenvalue weighted by atomic mass is 16.5. The molecule has 0 aromatic heterocycles. The van der Waals surface area contributed by atoms with Gasteiger partial charge in [0.1, 0.15) is 6.04 Å². The van der Waals surface area contributed by atoms with E-state index in [0.717, 1.165) is 11.1 Å². The highest BCUT2D eigenvalue weighted by Gasteiger charge is 2.18. The third kappa shape index (κ3) is 6.39. The summed E-state index contributed by atoms with van der Waals surface area (Å²) in [6, 6.07) is 20.4. The van der Waals surface area contributed by atoms with Gasteiger partial charge in [-0.15, -0.1) is 0 Å². The molecule has 1 amide bonds. The van der Waals surface area contributed by atoms with Gasteiger partial charge in [-0.3, -0.25) is 9.59 Å². The smallest absolute Gasteiger partial charge is 0.305 e. The van der Waals surface area contributed by atoms with Crippen molar-refractivity contribution in [2.45, 2.75) is 18.9 Å². The van der Waals surface area contributed by atoms with Gasteiger partial charge in [-0.2, -0.15) is 0 Å². The van der Waals surface area contributed by atoms with Crippen LogP contribution in [0.4, 0.5) is 0 Å². The molecule has 2 aromatic rings. The van der Waals surface area contributed by atoms with E-state index in [4.69, 9.17) is 0 Å². The van der Waals surface area contributed by atoms with Crippen LogP contribution in [0.15, 0.2) is 60.7 Å². The monoisotopic (exact) mass is 341 g/mol. The minimum Gasteiger partial charge on any atom is -0.469 e. The topological polar surface area (TPSA) is 72.0 Å². The van der Waals surface area contributed by atoms with E-state index in [1.165, 1.54) is 7.11 Å². The van der Waals surface area contributed by atoms with Gasteiger partial charge < -0.3 is 15.4 Å². The fraction of sp³-hybridized carbons (Fsp3) is 0.300. The average Bonchev–Trinajstić information content (AvgIpc) is 2.67. The lowest BCUT2D eigenvalue weighted by atomic mass is 9.99. The number of quaternary nitrogens is 1. The average molecular weight is 341 g/mol. The molecule has 0 aliphatic rings. The molecule has 2 rings (SSSR count). The third-order valence-corrected chi connectivity index (χ3v) is 3.96. The van der Waals surface area contributed by atoms with Crippen LogP contribution >= 0.6 is 0 Å². The van der Waals surface area contributed by atoms with Crippen LogP contribution in [0.25, 0.3) is 0 Å². The van der Waals surface area contributed by atoms with E-state index in [9.17, 15) is 9.59 Å². The van der Waals surface area contributed by atoms with Gasteiger partial charge in [0.05, 0.1) is 7.11 Å². The van der Waals surface area contributed by atoms with E-state index < -0.39 is 0 Å². The number of methoxy groups -OCH3 is 1. The van der Waals surface area contributed by atoms with E-state index in [-0.39, 0.29) is 17.9 Å². The molecule has 0 bridgehead atoms. The largest absolute Gasteiger partial charge is 0.469 e. The molecule has 2 aromatic carbocycles. The first-order valence-corrected chi connectivity index (χ1v) is 8.47. The molecule has 5 nitrogen and oxygen atoms in total. The van der Waals surface area contributed by atoms with Crippen molar-refractivity contribution in [1.82, 2.24) is 5.32 Å². The first kappa shape index (κ1) is 18.7. The number of ether oxygens (including phenoxy) is 1. The lowest BCUT2D eigenvalue weighted by Crippen LogP contribution is -2.87. The molecule has 3 N–H and O–H groups in total. The van der Waals surface area contributed by atoms with E-state index in [1.807, 2.05) is 41.7 Å². The lowest BCUT2D eigenvalue weighted by Gasteiger charge is -2.16. The number of nitrogens with two attached hydrogens (primary N) is 1. The summed E-state index contributed by atoms with van der Waals surface area (Å²) >= 11 is 0. The Hall–Kier alpha value is -2.66. The van der Waals surface area contributed by atoms with Crippen LogP contribution in [-0.4, -0.2) is 32.1 Å². The second-order valence-electron chi connectivity index (χ2n) is 5.77. The van der Waals surface area contributed by atoms with Gasteiger partial charge in [0.15, 0.2) is 6.54 Å². The SMILES string of the molecule is COC(=O)CCCNC(=O)C[NH2+]C(c1ccccc1)c1ccccc1. The molecule has 0 saturated heterocycles. The lowest BCUT2D eigenvalue weighted by molar-refractivity contribution is -0.676. The van der Waals surface area contributed by atoms with Crippen molar-refractivity contribution in [2.24, 2.45) is 0 Å². The molecule has 0 atom stereocenters. The molecule has 0 aliphatic heterocycles. The summed E-state index contributed by atoms with van der Waals surface area (Å²) in [7, 11) is 1.36. The summed E-state index contributed by atoms with van der Waals surface area (Å²) in [5.74, 6) is -0.296. The third-order valence-electron chi connectivity index (χ3n) is 3.96. The van der Waals surface area contributed by atoms with Crippen LogP contribution < -0.4 is 10.6 Å². The second-order valence-corrected chi connectivity index (χ2v) is 5.77. The summed E-state index contributed by atoms with van der Waals surface area (Å²) in [5.41, 5.74) is 2.32. The highest BCUT2D eigenvalue weighted by Crippen LogP contribution is 2.17. The molecule has 0 aliphatic carbocycles. The number of nitrogens with one attached hydrogen (secondary N) is 1. The van der Waals surface area contributed by atoms with Gasteiger partial charge in [0.25, 0.3) is 5.91 Å². The molecular weight excluding hydrogens is 316 g/mol. The van der Waals surface area contributed by atoms with Crippen LogP contribution in [0.2, 0.25) is 0 Å². The van der Waals surface area contributed by atoms with Crippen LogP contribution in [-0.2, 0) is 14.3 Å². The first-order valence-electron chi connectivity index (χ1n) is 8.47. The summed E-state index contributed by atoms with van der Waals surface area (Å²) in [4.78, 5) is 23.1. The molecule has 25 heavy (non-hydrogen) atoms. The van der Waals surface area contributed by atoms with Crippen molar-refractivity contribution < 1.29 is 19.6 Å². The molecule has 0 heterocycles. The van der Waals surface area contributed by atoms with E-state index in [0.29, 0.717) is 25.9 Å². The number of esters is 1. The fourth-order valence-corrected chi connectivity index (χ4v) is 2.65. The Balaban J connectivity index is 1.88. The first-order chi connectivity index (χ1) is 12.2. The number of carbonyl (C=O) groups excluding carboxylic acids is 2. The number of rotatable bonds is 9. The zero-order valence-corrected chi connectivity index (χ0v) is 14.5. The second kappa shape index (κ2) is 10.3. The predicted octanol–water partition coefficient (Wildman–Crippen LogP) is 1.41. The Kier molecular flexibility index (Phi) is 7.66. The number of hydrogen-bond acceptors (Lipinski definition) is 3. The molecule has 0 radical (unpaired) electrons. The minimum atomic E-state index is -0.256. The summed E-state index contributed by atoms with van der Waals surface area (Å²) < 4.78 is 4.58. The van der Waals surface area contributed by atoms with Gasteiger partial charge in [-0.1, -0.05) is 60.7 Å². The van der Waals surface area contributed by atoms with Gasteiger partial charge in [0, 0.05) is 24.1 Å². The summed E-state index contributed by atoms with van der Waals surface area (Å²) in [6.07, 6.45) is 0.899. The van der Waals surface area contributed by atoms with E-state index >= 15 is 0 Å². The summed E-state index contributed by atoms with van der Waals surface area (Å²) in [6.45, 7) is 0.801. The summed E-state index contributed by atoms with van der Waals surface area (Å²) in [5, 5.41) is 4.87. The highest BCUT2D eigenvalue weighted by molar-refractivity contribution is 5.76. The Bertz CT molecular complexity index is 620. The van der Waals surface area contributed by atoms with Crippen LogP contribution in [0.1, 0.15) is 30.0 Å². The van der Waals surface area contributed by atoms with Crippen molar-refractivity contribution in [3.63, 3.8) is 0 Å². The van der Waals surface area contributed by atoms with Crippen molar-refractivity contribution in [2.75, 3.05) is 20.2 Å². The van der Waals surface area contributed by atoms with Crippen molar-refractivity contribution >= 4 is 11.9 Å². The predicted molar refractivity (Wildman–Crippen MR) is 95.8 cm³/mol. The normalized spacial score (nSPS) is 10.5. The van der Waals surface area contributed by atoms with Crippen molar-refractivity contribution in [3.05, 3.63) is 71.8 Å². The molecule has 0 saturated carbocycles.